The number of benzene rings is 1. The van der Waals surface area contributed by atoms with Gasteiger partial charge in [-0.05, 0) is 49.1 Å². The van der Waals surface area contributed by atoms with E-state index in [1.54, 1.807) is 32.0 Å². The van der Waals surface area contributed by atoms with Gasteiger partial charge in [-0.3, -0.25) is 9.59 Å². The molecule has 0 saturated carbocycles. The number of carbonyl (C=O) groups excluding carboxylic acids is 3. The highest BCUT2D eigenvalue weighted by Gasteiger charge is 2.43. The summed E-state index contributed by atoms with van der Waals surface area (Å²) in [5, 5.41) is -0.560. The molecule has 0 spiro atoms. The van der Waals surface area contributed by atoms with Crippen molar-refractivity contribution < 1.29 is 18.8 Å². The molecule has 1 saturated heterocycles. The van der Waals surface area contributed by atoms with E-state index >= 15 is 0 Å². The van der Waals surface area contributed by atoms with E-state index in [0.29, 0.717) is 37.8 Å². The molecule has 1 aliphatic heterocycles. The molecule has 0 bridgehead atoms. The van der Waals surface area contributed by atoms with Crippen molar-refractivity contribution in [1.29, 1.82) is 0 Å². The summed E-state index contributed by atoms with van der Waals surface area (Å²) in [6, 6.07) is 5.65. The Bertz CT molecular complexity index is 749. The summed E-state index contributed by atoms with van der Waals surface area (Å²) in [6.45, 7) is 7.57. The molecule has 154 valence electrons. The van der Waals surface area contributed by atoms with E-state index in [0.717, 1.165) is 0 Å². The first kappa shape index (κ1) is 22.5. The normalized spacial score (nSPS) is 21.2. The summed E-state index contributed by atoms with van der Waals surface area (Å²) >= 11 is 4.99. The monoisotopic (exact) mass is 406 g/mol. The zero-order valence-electron chi connectivity index (χ0n) is 17.0. The van der Waals surface area contributed by atoms with Gasteiger partial charge >= 0.3 is 0 Å². The summed E-state index contributed by atoms with van der Waals surface area (Å²) in [5.41, 5.74) is -0.264. The second-order valence-corrected chi connectivity index (χ2v) is 8.57. The van der Waals surface area contributed by atoms with Crippen LogP contribution in [-0.2, 0) is 27.0 Å². The van der Waals surface area contributed by atoms with Gasteiger partial charge in [-0.1, -0.05) is 45.9 Å². The molecule has 1 aliphatic rings. The zero-order valence-corrected chi connectivity index (χ0v) is 17.9. The molecule has 3 atom stereocenters. The zero-order chi connectivity index (χ0) is 21.1. The number of Topliss-reactive ketones (excluding diaryl/α,β-unsaturated/α-hetero) is 1. The van der Waals surface area contributed by atoms with Gasteiger partial charge in [-0.15, -0.1) is 0 Å². The topological polar surface area (TPSA) is 54.5 Å². The lowest BCUT2D eigenvalue weighted by Crippen LogP contribution is -2.56. The molecular formula is C22H29FNO3S-. The lowest BCUT2D eigenvalue weighted by Gasteiger charge is -2.45. The number of hydrogen-bond acceptors (Lipinski definition) is 4. The molecule has 6 heteroatoms. The minimum absolute atomic E-state index is 0.247. The van der Waals surface area contributed by atoms with Gasteiger partial charge < -0.3 is 22.3 Å². The second-order valence-electron chi connectivity index (χ2n) is 8.17. The highest BCUT2D eigenvalue weighted by atomic mass is 32.1. The van der Waals surface area contributed by atoms with Crippen LogP contribution >= 0.6 is 0 Å². The van der Waals surface area contributed by atoms with Crippen LogP contribution in [0.2, 0.25) is 0 Å². The smallest absolute Gasteiger partial charge is 0.291 e. The fraction of sp³-hybridized carbons (Fsp3) is 0.591. The minimum atomic E-state index is -0.877. The molecule has 1 aromatic carbocycles. The Morgan fingerprint density at radius 2 is 1.89 bits per heavy atom. The van der Waals surface area contributed by atoms with Gasteiger partial charge in [-0.2, -0.15) is 0 Å². The molecule has 3 unspecified atom stereocenters. The number of nitrogens with zero attached hydrogens (tertiary/aromatic N) is 1. The van der Waals surface area contributed by atoms with Gasteiger partial charge in [0.05, 0.1) is 6.04 Å². The maximum Gasteiger partial charge on any atom is 0.291 e. The van der Waals surface area contributed by atoms with E-state index in [1.165, 1.54) is 11.0 Å². The van der Waals surface area contributed by atoms with E-state index < -0.39 is 28.3 Å². The molecule has 0 radical (unpaired) electrons. The van der Waals surface area contributed by atoms with E-state index in [-0.39, 0.29) is 17.7 Å². The predicted molar refractivity (Wildman–Crippen MR) is 109 cm³/mol. The van der Waals surface area contributed by atoms with E-state index in [4.69, 9.17) is 12.6 Å². The van der Waals surface area contributed by atoms with E-state index in [1.807, 2.05) is 13.8 Å². The maximum atomic E-state index is 14.5. The summed E-state index contributed by atoms with van der Waals surface area (Å²) in [7, 11) is 0. The first-order chi connectivity index (χ1) is 13.2. The molecule has 1 amide bonds. The Kier molecular flexibility index (Phi) is 7.32. The summed E-state index contributed by atoms with van der Waals surface area (Å²) < 4.78 is 14.5. The van der Waals surface area contributed by atoms with Crippen LogP contribution in [0.25, 0.3) is 0 Å². The fourth-order valence-electron chi connectivity index (χ4n) is 4.09. The molecule has 1 fully saturated rings. The number of amides is 1. The third kappa shape index (κ3) is 4.43. The van der Waals surface area contributed by atoms with Gasteiger partial charge in [0.25, 0.3) is 5.91 Å². The number of carbonyl (C=O) groups is 3. The summed E-state index contributed by atoms with van der Waals surface area (Å²) in [5.74, 6) is -2.03. The van der Waals surface area contributed by atoms with Gasteiger partial charge in [-0.25, -0.2) is 4.39 Å². The van der Waals surface area contributed by atoms with Crippen molar-refractivity contribution in [2.24, 2.45) is 11.3 Å². The highest BCUT2D eigenvalue weighted by molar-refractivity contribution is 7.77. The van der Waals surface area contributed by atoms with E-state index in [2.05, 4.69) is 0 Å². The lowest BCUT2D eigenvalue weighted by molar-refractivity contribution is -0.154. The third-order valence-electron chi connectivity index (χ3n) is 6.13. The molecule has 0 aromatic heterocycles. The average molecular weight is 407 g/mol. The van der Waals surface area contributed by atoms with Crippen molar-refractivity contribution in [2.45, 2.75) is 65.3 Å². The summed E-state index contributed by atoms with van der Waals surface area (Å²) in [4.78, 5) is 39.5. The molecule has 0 aliphatic carbocycles. The third-order valence-corrected chi connectivity index (χ3v) is 6.38. The van der Waals surface area contributed by atoms with Gasteiger partial charge in [0.2, 0.25) is 5.78 Å². The number of ketones is 1. The van der Waals surface area contributed by atoms with Gasteiger partial charge in [0.1, 0.15) is 5.82 Å². The Balaban J connectivity index is 2.41. The Labute approximate surface area is 172 Å². The van der Waals surface area contributed by atoms with Crippen LogP contribution in [0, 0.1) is 17.2 Å². The molecule has 1 aromatic rings. The van der Waals surface area contributed by atoms with Gasteiger partial charge in [0, 0.05) is 17.1 Å². The van der Waals surface area contributed by atoms with Crippen LogP contribution in [0.15, 0.2) is 24.3 Å². The van der Waals surface area contributed by atoms with Crippen LogP contribution in [0.3, 0.4) is 0 Å². The number of rotatable bonds is 7. The molecule has 0 N–H and O–H groups in total. The van der Waals surface area contributed by atoms with Crippen molar-refractivity contribution in [3.05, 3.63) is 35.6 Å². The first-order valence-electron chi connectivity index (χ1n) is 9.96. The summed E-state index contributed by atoms with van der Waals surface area (Å²) in [6.07, 6.45) is 2.45. The minimum Gasteiger partial charge on any atom is -0.740 e. The maximum absolute atomic E-state index is 14.5. The van der Waals surface area contributed by atoms with Crippen LogP contribution < -0.4 is 0 Å². The van der Waals surface area contributed by atoms with Crippen LogP contribution in [0.4, 0.5) is 4.39 Å². The number of piperidine rings is 1. The van der Waals surface area contributed by atoms with E-state index in [9.17, 15) is 18.8 Å². The Hall–Kier alpha value is -1.82. The number of hydrogen-bond donors (Lipinski definition) is 0. The quantitative estimate of drug-likeness (QED) is 0.507. The Morgan fingerprint density at radius 1 is 1.25 bits per heavy atom. The average Bonchev–Trinajstić information content (AvgIpc) is 2.68. The van der Waals surface area contributed by atoms with Gasteiger partial charge in [0.15, 0.2) is 0 Å². The van der Waals surface area contributed by atoms with Crippen molar-refractivity contribution in [2.75, 3.05) is 6.54 Å². The predicted octanol–water partition coefficient (Wildman–Crippen LogP) is 4.01. The van der Waals surface area contributed by atoms with Crippen molar-refractivity contribution in [1.82, 2.24) is 4.90 Å². The van der Waals surface area contributed by atoms with Crippen LogP contribution in [0.5, 0.6) is 0 Å². The molecule has 1 heterocycles. The lowest BCUT2D eigenvalue weighted by atomic mass is 9.74. The first-order valence-corrected chi connectivity index (χ1v) is 10.4. The highest BCUT2D eigenvalue weighted by Crippen LogP contribution is 2.40. The SMILES string of the molecule is CCC(c1ccccc1F)C1CCCN(C(=O)C(=O)C(C)(C)CC)C1C(=O)[S-]. The largest absolute Gasteiger partial charge is 0.740 e. The van der Waals surface area contributed by atoms with Crippen molar-refractivity contribution in [3.8, 4) is 0 Å². The van der Waals surface area contributed by atoms with Crippen molar-refractivity contribution in [3.63, 3.8) is 0 Å². The number of likely N-dealkylation sites (tertiary alicyclic amines) is 1. The molecule has 28 heavy (non-hydrogen) atoms. The Morgan fingerprint density at radius 3 is 2.43 bits per heavy atom. The van der Waals surface area contributed by atoms with Crippen LogP contribution in [-0.4, -0.2) is 34.3 Å². The van der Waals surface area contributed by atoms with Crippen molar-refractivity contribution >= 4 is 29.4 Å². The second kappa shape index (κ2) is 9.12. The standard InChI is InChI=1S/C22H30FNO3S/c1-5-14(15-10-7-8-12-17(15)23)16-11-9-13-24(18(16)21(27)28)20(26)19(25)22(3,4)6-2/h7-8,10,12,14,16,18H,5-6,9,11,13H2,1-4H3,(H,27,28)/p-1. The molecule has 2 rings (SSSR count). The number of halogens is 1. The molecular weight excluding hydrogens is 377 g/mol. The van der Waals surface area contributed by atoms with Crippen LogP contribution in [0.1, 0.15) is 64.9 Å². The molecule has 4 nitrogen and oxygen atoms in total. The fourth-order valence-corrected chi connectivity index (χ4v) is 4.39.